The maximum Gasteiger partial charge on any atom is 0.255 e. The third-order valence-corrected chi connectivity index (χ3v) is 4.39. The second-order valence-corrected chi connectivity index (χ2v) is 6.52. The van der Waals surface area contributed by atoms with Gasteiger partial charge in [-0.1, -0.05) is 18.2 Å². The molecule has 2 rings (SSSR count). The largest absolute Gasteiger partial charge is 0.384 e. The van der Waals surface area contributed by atoms with Crippen LogP contribution in [0.15, 0.2) is 48.5 Å². The molecule has 0 saturated carbocycles. The van der Waals surface area contributed by atoms with E-state index in [-0.39, 0.29) is 11.5 Å². The van der Waals surface area contributed by atoms with Crippen molar-refractivity contribution in [1.29, 1.82) is 0 Å². The van der Waals surface area contributed by atoms with E-state index >= 15 is 0 Å². The number of hydrogen-bond donors (Lipinski definition) is 1. The molecule has 0 spiro atoms. The van der Waals surface area contributed by atoms with Crippen LogP contribution in [0, 0.1) is 5.82 Å². The van der Waals surface area contributed by atoms with Crippen molar-refractivity contribution in [3.05, 3.63) is 65.5 Å². The molecule has 0 bridgehead atoms. The van der Waals surface area contributed by atoms with Gasteiger partial charge >= 0.3 is 0 Å². The topological polar surface area (TPSA) is 55.4 Å². The van der Waals surface area contributed by atoms with Gasteiger partial charge in [0.25, 0.3) is 5.91 Å². The molecule has 4 nitrogen and oxygen atoms in total. The van der Waals surface area contributed by atoms with Crippen molar-refractivity contribution in [2.75, 3.05) is 24.8 Å². The Morgan fingerprint density at radius 1 is 1.22 bits per heavy atom. The normalized spacial score (nSPS) is 11.9. The fraction of sp³-hybridized carbons (Fsp3) is 0.235. The lowest BCUT2D eigenvalue weighted by molar-refractivity contribution is 0.102. The fourth-order valence-corrected chi connectivity index (χ4v) is 3.05. The fourth-order valence-electron chi connectivity index (χ4n) is 2.01. The molecule has 1 atom stereocenters. The number of carbonyl (C=O) groups is 1. The molecule has 1 N–H and O–H groups in total. The minimum Gasteiger partial charge on any atom is -0.384 e. The molecule has 0 aliphatic heterocycles. The number of carbonyl (C=O) groups excluding carboxylic acids is 1. The van der Waals surface area contributed by atoms with E-state index in [4.69, 9.17) is 4.74 Å². The molecule has 2 aromatic carbocycles. The van der Waals surface area contributed by atoms with Crippen molar-refractivity contribution in [1.82, 2.24) is 0 Å². The van der Waals surface area contributed by atoms with Gasteiger partial charge in [-0.15, -0.1) is 0 Å². The van der Waals surface area contributed by atoms with E-state index in [9.17, 15) is 13.4 Å². The van der Waals surface area contributed by atoms with Crippen LogP contribution in [-0.4, -0.2) is 29.6 Å². The lowest BCUT2D eigenvalue weighted by Crippen LogP contribution is -2.12. The minimum absolute atomic E-state index is 0.249. The summed E-state index contributed by atoms with van der Waals surface area (Å²) in [5.41, 5.74) is 1.69. The molecule has 0 aromatic heterocycles. The summed E-state index contributed by atoms with van der Waals surface area (Å²) in [5.74, 6) is 0.0192. The van der Waals surface area contributed by atoms with Gasteiger partial charge in [-0.2, -0.15) is 0 Å². The zero-order chi connectivity index (χ0) is 16.7. The number of nitrogens with one attached hydrogen (secondary N) is 1. The lowest BCUT2D eigenvalue weighted by Gasteiger charge is -2.08. The molecule has 0 radical (unpaired) electrons. The summed E-state index contributed by atoms with van der Waals surface area (Å²) in [6.45, 7) is 0.447. The Kier molecular flexibility index (Phi) is 6.43. The van der Waals surface area contributed by atoms with Crippen LogP contribution in [0.3, 0.4) is 0 Å². The standard InChI is InChI=1S/C17H18FNO3S/c1-22-8-9-23(21)12-13-4-2-7-16(10-13)19-17(20)14-5-3-6-15(18)11-14/h2-7,10-11H,8-9,12H2,1H3,(H,19,20)/t23-/m0/s1. The minimum atomic E-state index is -1.02. The molecule has 6 heteroatoms. The summed E-state index contributed by atoms with van der Waals surface area (Å²) in [7, 11) is 0.551. The van der Waals surface area contributed by atoms with Gasteiger partial charge in [-0.05, 0) is 35.9 Å². The Bertz CT molecular complexity index is 706. The second kappa shape index (κ2) is 8.55. The lowest BCUT2D eigenvalue weighted by atomic mass is 10.2. The first-order valence-corrected chi connectivity index (χ1v) is 8.57. The first kappa shape index (κ1) is 17.3. The van der Waals surface area contributed by atoms with Crippen LogP contribution in [0.4, 0.5) is 10.1 Å². The number of anilines is 1. The third kappa shape index (κ3) is 5.58. The van der Waals surface area contributed by atoms with Crippen molar-refractivity contribution in [2.45, 2.75) is 5.75 Å². The molecular weight excluding hydrogens is 317 g/mol. The van der Waals surface area contributed by atoms with Crippen LogP contribution in [0.5, 0.6) is 0 Å². The summed E-state index contributed by atoms with van der Waals surface area (Å²) in [5, 5.41) is 2.71. The molecule has 23 heavy (non-hydrogen) atoms. The van der Waals surface area contributed by atoms with E-state index in [1.165, 1.54) is 18.2 Å². The first-order chi connectivity index (χ1) is 11.1. The van der Waals surface area contributed by atoms with E-state index in [0.29, 0.717) is 23.8 Å². The molecule has 1 amide bonds. The molecule has 0 heterocycles. The maximum atomic E-state index is 13.2. The van der Waals surface area contributed by atoms with Crippen LogP contribution >= 0.6 is 0 Å². The zero-order valence-corrected chi connectivity index (χ0v) is 13.6. The van der Waals surface area contributed by atoms with E-state index in [1.807, 2.05) is 6.07 Å². The van der Waals surface area contributed by atoms with Gasteiger partial charge in [0.2, 0.25) is 0 Å². The molecule has 122 valence electrons. The van der Waals surface area contributed by atoms with Crippen LogP contribution in [0.1, 0.15) is 15.9 Å². The quantitative estimate of drug-likeness (QED) is 0.846. The predicted molar refractivity (Wildman–Crippen MR) is 89.4 cm³/mol. The molecule has 0 saturated heterocycles. The van der Waals surface area contributed by atoms with Crippen molar-refractivity contribution in [3.63, 3.8) is 0 Å². The second-order valence-electron chi connectivity index (χ2n) is 4.95. The van der Waals surface area contributed by atoms with E-state index in [1.54, 1.807) is 31.4 Å². The maximum absolute atomic E-state index is 13.2. The zero-order valence-electron chi connectivity index (χ0n) is 12.8. The van der Waals surface area contributed by atoms with Gasteiger partial charge in [0.15, 0.2) is 0 Å². The van der Waals surface area contributed by atoms with Gasteiger partial charge in [-0.25, -0.2) is 4.39 Å². The van der Waals surface area contributed by atoms with Crippen LogP contribution < -0.4 is 5.32 Å². The molecule has 0 fully saturated rings. The highest BCUT2D eigenvalue weighted by Crippen LogP contribution is 2.14. The number of benzene rings is 2. The third-order valence-electron chi connectivity index (χ3n) is 3.11. The smallest absolute Gasteiger partial charge is 0.255 e. The van der Waals surface area contributed by atoms with Gasteiger partial charge in [-0.3, -0.25) is 9.00 Å². The summed E-state index contributed by atoms with van der Waals surface area (Å²) < 4.78 is 29.9. The number of ether oxygens (including phenoxy) is 1. The average Bonchev–Trinajstić information content (AvgIpc) is 2.53. The summed E-state index contributed by atoms with van der Waals surface area (Å²) in [4.78, 5) is 12.1. The molecular formula is C17H18FNO3S. The predicted octanol–water partition coefficient (Wildman–Crippen LogP) is 2.97. The van der Waals surface area contributed by atoms with Crippen LogP contribution in [0.2, 0.25) is 0 Å². The van der Waals surface area contributed by atoms with Gasteiger partial charge < -0.3 is 10.1 Å². The number of amides is 1. The summed E-state index contributed by atoms with van der Waals surface area (Å²) in [6.07, 6.45) is 0. The number of hydrogen-bond acceptors (Lipinski definition) is 3. The van der Waals surface area contributed by atoms with Gasteiger partial charge in [0, 0.05) is 40.7 Å². The monoisotopic (exact) mass is 335 g/mol. The van der Waals surface area contributed by atoms with Crippen molar-refractivity contribution < 1.29 is 18.1 Å². The van der Waals surface area contributed by atoms with Gasteiger partial charge in [0.05, 0.1) is 6.61 Å². The van der Waals surface area contributed by atoms with Crippen molar-refractivity contribution in [2.24, 2.45) is 0 Å². The SMILES string of the molecule is COCC[S@](=O)Cc1cccc(NC(=O)c2cccc(F)c2)c1. The van der Waals surface area contributed by atoms with Crippen molar-refractivity contribution >= 4 is 22.4 Å². The Morgan fingerprint density at radius 3 is 2.74 bits per heavy atom. The summed E-state index contributed by atoms with van der Waals surface area (Å²) in [6, 6.07) is 12.6. The number of halogens is 1. The molecule has 2 aromatic rings. The number of rotatable bonds is 7. The van der Waals surface area contributed by atoms with Crippen LogP contribution in [0.25, 0.3) is 0 Å². The van der Waals surface area contributed by atoms with Crippen LogP contribution in [-0.2, 0) is 21.3 Å². The highest BCUT2D eigenvalue weighted by Gasteiger charge is 2.08. The summed E-state index contributed by atoms with van der Waals surface area (Å²) >= 11 is 0. The van der Waals surface area contributed by atoms with E-state index in [0.717, 1.165) is 5.56 Å². The molecule has 0 aliphatic carbocycles. The first-order valence-electron chi connectivity index (χ1n) is 7.08. The Hall–Kier alpha value is -2.05. The van der Waals surface area contributed by atoms with Crippen molar-refractivity contribution in [3.8, 4) is 0 Å². The van der Waals surface area contributed by atoms with E-state index < -0.39 is 16.6 Å². The molecule has 0 aliphatic rings. The Morgan fingerprint density at radius 2 is 2.00 bits per heavy atom. The average molecular weight is 335 g/mol. The number of methoxy groups -OCH3 is 1. The highest BCUT2D eigenvalue weighted by atomic mass is 32.2. The van der Waals surface area contributed by atoms with E-state index in [2.05, 4.69) is 5.32 Å². The Labute approximate surface area is 137 Å². The highest BCUT2D eigenvalue weighted by molar-refractivity contribution is 7.84. The van der Waals surface area contributed by atoms with Gasteiger partial charge in [0.1, 0.15) is 5.82 Å². The molecule has 0 unspecified atom stereocenters. The Balaban J connectivity index is 2.02.